The van der Waals surface area contributed by atoms with E-state index in [0.29, 0.717) is 11.6 Å². The Morgan fingerprint density at radius 1 is 1.39 bits per heavy atom. The largest absolute Gasteiger partial charge is 0.381 e. The molecule has 3 nitrogen and oxygen atoms in total. The van der Waals surface area contributed by atoms with Crippen molar-refractivity contribution in [3.63, 3.8) is 0 Å². The zero-order valence-electron chi connectivity index (χ0n) is 10.2. The summed E-state index contributed by atoms with van der Waals surface area (Å²) in [6.45, 7) is 2.18. The Hall–Kier alpha value is -0.290. The average molecular weight is 334 g/mol. The van der Waals surface area contributed by atoms with Gasteiger partial charge in [0.15, 0.2) is 0 Å². The highest BCUT2D eigenvalue weighted by atomic mass is 79.9. The van der Waals surface area contributed by atoms with Gasteiger partial charge in [0.1, 0.15) is 0 Å². The van der Waals surface area contributed by atoms with E-state index in [1.54, 1.807) is 0 Å². The minimum absolute atomic E-state index is 0.0757. The van der Waals surface area contributed by atoms with Gasteiger partial charge in [0, 0.05) is 29.9 Å². The summed E-state index contributed by atoms with van der Waals surface area (Å²) in [5.74, 6) is 0. The maximum Gasteiger partial charge on any atom is 0.0568 e. The number of nitrogens with two attached hydrogens (primary N) is 1. The van der Waals surface area contributed by atoms with E-state index in [1.165, 1.54) is 0 Å². The van der Waals surface area contributed by atoms with Crippen molar-refractivity contribution in [3.05, 3.63) is 27.7 Å². The molecular weight excluding hydrogens is 316 g/mol. The first-order chi connectivity index (χ1) is 8.65. The van der Waals surface area contributed by atoms with Crippen LogP contribution in [-0.2, 0) is 4.74 Å². The Morgan fingerprint density at radius 2 is 2.22 bits per heavy atom. The molecule has 18 heavy (non-hydrogen) atoms. The third-order valence-corrected chi connectivity index (χ3v) is 4.62. The highest BCUT2D eigenvalue weighted by molar-refractivity contribution is 9.10. The molecule has 0 saturated carbocycles. The van der Waals surface area contributed by atoms with E-state index in [9.17, 15) is 0 Å². The van der Waals surface area contributed by atoms with Crippen LogP contribution in [0.1, 0.15) is 19.3 Å². The Bertz CT molecular complexity index is 406. The molecule has 3 N–H and O–H groups in total. The van der Waals surface area contributed by atoms with Crippen LogP contribution >= 0.6 is 27.5 Å². The molecule has 0 amide bonds. The number of hydrogen-bond acceptors (Lipinski definition) is 3. The van der Waals surface area contributed by atoms with Gasteiger partial charge in [0.2, 0.25) is 0 Å². The summed E-state index contributed by atoms with van der Waals surface area (Å²) < 4.78 is 6.41. The predicted octanol–water partition coefficient (Wildman–Crippen LogP) is 3.41. The molecule has 1 fully saturated rings. The first-order valence-corrected chi connectivity index (χ1v) is 7.33. The van der Waals surface area contributed by atoms with Gasteiger partial charge >= 0.3 is 0 Å². The highest BCUT2D eigenvalue weighted by Gasteiger charge is 2.29. The molecule has 5 heteroatoms. The van der Waals surface area contributed by atoms with E-state index in [4.69, 9.17) is 22.1 Å². The molecule has 1 heterocycles. The van der Waals surface area contributed by atoms with Gasteiger partial charge in [0.05, 0.1) is 10.6 Å². The lowest BCUT2D eigenvalue weighted by Crippen LogP contribution is -2.45. The van der Waals surface area contributed by atoms with E-state index in [0.717, 1.165) is 42.6 Å². The normalized spacial score (nSPS) is 24.6. The summed E-state index contributed by atoms with van der Waals surface area (Å²) in [7, 11) is 0. The minimum Gasteiger partial charge on any atom is -0.381 e. The highest BCUT2D eigenvalue weighted by Crippen LogP contribution is 2.30. The van der Waals surface area contributed by atoms with Crippen LogP contribution in [0.5, 0.6) is 0 Å². The first-order valence-electron chi connectivity index (χ1n) is 6.16. The molecule has 0 aromatic heterocycles. The molecule has 0 aliphatic carbocycles. The summed E-state index contributed by atoms with van der Waals surface area (Å²) in [6.07, 6.45) is 2.99. The van der Waals surface area contributed by atoms with Crippen LogP contribution in [0, 0.1) is 0 Å². The van der Waals surface area contributed by atoms with Gasteiger partial charge in [-0.25, -0.2) is 0 Å². The molecule has 1 saturated heterocycles. The fraction of sp³-hybridized carbons (Fsp3) is 0.538. The zero-order chi connectivity index (χ0) is 13.0. The van der Waals surface area contributed by atoms with E-state index >= 15 is 0 Å². The monoisotopic (exact) mass is 332 g/mol. The maximum absolute atomic E-state index is 6.11. The summed E-state index contributed by atoms with van der Waals surface area (Å²) in [4.78, 5) is 0. The molecule has 1 aromatic rings. The molecule has 1 aliphatic heterocycles. The summed E-state index contributed by atoms with van der Waals surface area (Å²) in [5.41, 5.74) is 6.90. The smallest absolute Gasteiger partial charge is 0.0568 e. The Balaban J connectivity index is 2.15. The van der Waals surface area contributed by atoms with Crippen LogP contribution in [0.25, 0.3) is 0 Å². The second-order valence-corrected chi connectivity index (χ2v) is 5.97. The number of hydrogen-bond donors (Lipinski definition) is 2. The molecule has 0 radical (unpaired) electrons. The summed E-state index contributed by atoms with van der Waals surface area (Å²) in [5, 5.41) is 4.25. The number of benzene rings is 1. The van der Waals surface area contributed by atoms with Crippen molar-refractivity contribution < 1.29 is 4.74 Å². The van der Waals surface area contributed by atoms with Crippen LogP contribution < -0.4 is 11.1 Å². The molecule has 2 rings (SSSR count). The summed E-state index contributed by atoms with van der Waals surface area (Å²) in [6, 6.07) is 5.88. The SMILES string of the molecule is NCC1(Nc2ccc(Br)c(Cl)c2)CCCOCC1. The van der Waals surface area contributed by atoms with Crippen LogP contribution in [0.3, 0.4) is 0 Å². The van der Waals surface area contributed by atoms with E-state index in [1.807, 2.05) is 18.2 Å². The van der Waals surface area contributed by atoms with Gasteiger partial charge in [-0.3, -0.25) is 0 Å². The van der Waals surface area contributed by atoms with Crippen molar-refractivity contribution in [3.8, 4) is 0 Å². The van der Waals surface area contributed by atoms with E-state index < -0.39 is 0 Å². The third kappa shape index (κ3) is 3.38. The maximum atomic E-state index is 6.11. The van der Waals surface area contributed by atoms with Gasteiger partial charge in [-0.1, -0.05) is 11.6 Å². The number of nitrogens with one attached hydrogen (secondary N) is 1. The standard InChI is InChI=1S/C13H18BrClN2O/c14-11-3-2-10(8-12(11)15)17-13(9-16)4-1-6-18-7-5-13/h2-3,8,17H,1,4-7,9,16H2. The number of rotatable bonds is 3. The topological polar surface area (TPSA) is 47.3 Å². The van der Waals surface area contributed by atoms with Gasteiger partial charge < -0.3 is 15.8 Å². The molecule has 0 spiro atoms. The molecular formula is C13H18BrClN2O. The van der Waals surface area contributed by atoms with E-state index in [2.05, 4.69) is 21.2 Å². The predicted molar refractivity (Wildman–Crippen MR) is 79.2 cm³/mol. The zero-order valence-corrected chi connectivity index (χ0v) is 12.6. The van der Waals surface area contributed by atoms with Gasteiger partial charge in [-0.2, -0.15) is 0 Å². The fourth-order valence-corrected chi connectivity index (χ4v) is 2.69. The van der Waals surface area contributed by atoms with Crippen LogP contribution in [0.4, 0.5) is 5.69 Å². The van der Waals surface area contributed by atoms with Gasteiger partial charge in [-0.15, -0.1) is 0 Å². The van der Waals surface area contributed by atoms with E-state index in [-0.39, 0.29) is 5.54 Å². The second-order valence-electron chi connectivity index (χ2n) is 4.70. The van der Waals surface area contributed by atoms with Crippen molar-refractivity contribution in [2.45, 2.75) is 24.8 Å². The van der Waals surface area contributed by atoms with Gasteiger partial charge in [-0.05, 0) is 53.4 Å². The molecule has 100 valence electrons. The lowest BCUT2D eigenvalue weighted by atomic mass is 9.90. The van der Waals surface area contributed by atoms with Gasteiger partial charge in [0.25, 0.3) is 0 Å². The summed E-state index contributed by atoms with van der Waals surface area (Å²) >= 11 is 9.50. The Morgan fingerprint density at radius 3 is 2.94 bits per heavy atom. The molecule has 1 aliphatic rings. The number of anilines is 1. The Labute approximate surface area is 121 Å². The lowest BCUT2D eigenvalue weighted by molar-refractivity contribution is 0.141. The van der Waals surface area contributed by atoms with Crippen molar-refractivity contribution >= 4 is 33.2 Å². The van der Waals surface area contributed by atoms with Crippen molar-refractivity contribution in [2.75, 3.05) is 25.1 Å². The molecule has 1 unspecified atom stereocenters. The Kier molecular flexibility index (Phi) is 4.90. The van der Waals surface area contributed by atoms with Crippen LogP contribution in [0.2, 0.25) is 5.02 Å². The van der Waals surface area contributed by atoms with Crippen LogP contribution in [0.15, 0.2) is 22.7 Å². The number of ether oxygens (including phenoxy) is 1. The van der Waals surface area contributed by atoms with Crippen molar-refractivity contribution in [1.82, 2.24) is 0 Å². The second kappa shape index (κ2) is 6.24. The average Bonchev–Trinajstić information content (AvgIpc) is 2.60. The lowest BCUT2D eigenvalue weighted by Gasteiger charge is -2.33. The number of halogens is 2. The quantitative estimate of drug-likeness (QED) is 0.891. The minimum atomic E-state index is -0.0757. The molecule has 1 aromatic carbocycles. The van der Waals surface area contributed by atoms with Crippen LogP contribution in [-0.4, -0.2) is 25.3 Å². The molecule has 1 atom stereocenters. The fourth-order valence-electron chi connectivity index (χ4n) is 2.27. The van der Waals surface area contributed by atoms with Crippen molar-refractivity contribution in [1.29, 1.82) is 0 Å². The first kappa shape index (κ1) is 14.1. The molecule has 0 bridgehead atoms. The van der Waals surface area contributed by atoms with Crippen molar-refractivity contribution in [2.24, 2.45) is 5.73 Å². The third-order valence-electron chi connectivity index (χ3n) is 3.39.